The Balaban J connectivity index is 2.63. The number of nitrogens with zero attached hydrogens (tertiary/aromatic N) is 1. The number of rotatable bonds is 6. The van der Waals surface area contributed by atoms with Crippen LogP contribution in [0.3, 0.4) is 0 Å². The number of carboxylic acid groups (broad SMARTS) is 2. The van der Waals surface area contributed by atoms with Crippen LogP contribution in [0.25, 0.3) is 0 Å². The van der Waals surface area contributed by atoms with Gasteiger partial charge in [0.05, 0.1) is 6.10 Å². The van der Waals surface area contributed by atoms with E-state index in [1.165, 1.54) is 0 Å². The second kappa shape index (κ2) is 6.08. The standard InChI is InChI=1S/C12H20N2O6/c1-12(2)7(4-8(12)20-3)13-11(19)14(5-9(15)16)6-10(17)18/h7-8H,4-6H2,1-3H3,(H,13,19)(H,15,16)(H,17,18). The van der Waals surface area contributed by atoms with Crippen LogP contribution in [-0.4, -0.2) is 65.4 Å². The molecular formula is C12H20N2O6. The molecule has 1 rings (SSSR count). The monoisotopic (exact) mass is 288 g/mol. The van der Waals surface area contributed by atoms with Crippen molar-refractivity contribution in [2.75, 3.05) is 20.2 Å². The molecule has 20 heavy (non-hydrogen) atoms. The summed E-state index contributed by atoms with van der Waals surface area (Å²) in [6, 6.07) is -0.868. The molecule has 3 N–H and O–H groups in total. The molecule has 0 saturated heterocycles. The number of carboxylic acids is 2. The summed E-state index contributed by atoms with van der Waals surface area (Å²) in [7, 11) is 1.59. The summed E-state index contributed by atoms with van der Waals surface area (Å²) < 4.78 is 5.25. The average Bonchev–Trinajstić information content (AvgIpc) is 2.31. The molecule has 0 aromatic heterocycles. The number of hydrogen-bond acceptors (Lipinski definition) is 4. The largest absolute Gasteiger partial charge is 0.480 e. The maximum Gasteiger partial charge on any atom is 0.323 e. The molecule has 1 saturated carbocycles. The molecule has 2 atom stereocenters. The molecule has 0 aromatic rings. The van der Waals surface area contributed by atoms with Crippen LogP contribution in [0.2, 0.25) is 0 Å². The first-order valence-electron chi connectivity index (χ1n) is 6.20. The number of nitrogens with one attached hydrogen (secondary N) is 1. The lowest BCUT2D eigenvalue weighted by Gasteiger charge is -2.51. The van der Waals surface area contributed by atoms with Crippen LogP contribution >= 0.6 is 0 Å². The quantitative estimate of drug-likeness (QED) is 0.632. The minimum Gasteiger partial charge on any atom is -0.480 e. The Bertz CT molecular complexity index is 393. The van der Waals surface area contributed by atoms with Crippen molar-refractivity contribution in [3.05, 3.63) is 0 Å². The van der Waals surface area contributed by atoms with Crippen LogP contribution in [0.1, 0.15) is 20.3 Å². The molecule has 0 radical (unpaired) electrons. The number of aliphatic carboxylic acids is 2. The molecule has 2 amide bonds. The van der Waals surface area contributed by atoms with Crippen molar-refractivity contribution in [1.82, 2.24) is 10.2 Å². The lowest BCUT2D eigenvalue weighted by atomic mass is 9.64. The number of ether oxygens (including phenoxy) is 1. The minimum atomic E-state index is -1.26. The summed E-state index contributed by atoms with van der Waals surface area (Å²) in [4.78, 5) is 34.0. The Labute approximate surface area is 116 Å². The van der Waals surface area contributed by atoms with Gasteiger partial charge in [-0.15, -0.1) is 0 Å². The molecule has 114 valence electrons. The Hall–Kier alpha value is -1.83. The first-order chi connectivity index (χ1) is 9.18. The van der Waals surface area contributed by atoms with Crippen molar-refractivity contribution in [2.24, 2.45) is 5.41 Å². The van der Waals surface area contributed by atoms with Gasteiger partial charge in [-0.05, 0) is 6.42 Å². The molecular weight excluding hydrogens is 268 g/mol. The number of carbonyl (C=O) groups excluding carboxylic acids is 1. The second-order valence-electron chi connectivity index (χ2n) is 5.43. The maximum atomic E-state index is 11.9. The lowest BCUT2D eigenvalue weighted by molar-refractivity contribution is -0.140. The predicted molar refractivity (Wildman–Crippen MR) is 68.4 cm³/mol. The van der Waals surface area contributed by atoms with E-state index in [1.54, 1.807) is 7.11 Å². The molecule has 0 bridgehead atoms. The molecule has 1 aliphatic carbocycles. The molecule has 1 aliphatic rings. The van der Waals surface area contributed by atoms with Gasteiger partial charge in [-0.25, -0.2) is 4.79 Å². The van der Waals surface area contributed by atoms with Crippen LogP contribution < -0.4 is 5.32 Å². The van der Waals surface area contributed by atoms with E-state index in [2.05, 4.69) is 5.32 Å². The third-order valence-electron chi connectivity index (χ3n) is 3.70. The first-order valence-corrected chi connectivity index (χ1v) is 6.20. The van der Waals surface area contributed by atoms with E-state index in [9.17, 15) is 14.4 Å². The SMILES string of the molecule is COC1CC(NC(=O)N(CC(=O)O)CC(=O)O)C1(C)C. The number of urea groups is 1. The van der Waals surface area contributed by atoms with Gasteiger partial charge in [-0.1, -0.05) is 13.8 Å². The van der Waals surface area contributed by atoms with E-state index in [1.807, 2.05) is 13.8 Å². The van der Waals surface area contributed by atoms with Crippen LogP contribution in [0.15, 0.2) is 0 Å². The minimum absolute atomic E-state index is 0.0141. The normalized spacial score (nSPS) is 23.6. The summed E-state index contributed by atoms with van der Waals surface area (Å²) in [5, 5.41) is 20.1. The zero-order chi connectivity index (χ0) is 15.5. The summed E-state index contributed by atoms with van der Waals surface area (Å²) >= 11 is 0. The van der Waals surface area contributed by atoms with E-state index in [0.29, 0.717) is 6.42 Å². The van der Waals surface area contributed by atoms with Gasteiger partial charge >= 0.3 is 18.0 Å². The highest BCUT2D eigenvalue weighted by molar-refractivity contribution is 5.84. The van der Waals surface area contributed by atoms with Gasteiger partial charge in [0.15, 0.2) is 0 Å². The van der Waals surface area contributed by atoms with Crippen molar-refractivity contribution in [2.45, 2.75) is 32.4 Å². The predicted octanol–water partition coefficient (Wildman–Crippen LogP) is -0.0193. The molecule has 8 nitrogen and oxygen atoms in total. The van der Waals surface area contributed by atoms with E-state index in [4.69, 9.17) is 14.9 Å². The summed E-state index contributed by atoms with van der Waals surface area (Å²) in [6.07, 6.45) is 0.628. The van der Waals surface area contributed by atoms with Gasteiger partial charge in [-0.3, -0.25) is 9.59 Å². The average molecular weight is 288 g/mol. The second-order valence-corrected chi connectivity index (χ2v) is 5.43. The van der Waals surface area contributed by atoms with Crippen molar-refractivity contribution in [3.63, 3.8) is 0 Å². The molecule has 0 aliphatic heterocycles. The summed E-state index contributed by atoms with van der Waals surface area (Å²) in [5.41, 5.74) is -0.275. The van der Waals surface area contributed by atoms with Crippen molar-refractivity contribution in [1.29, 1.82) is 0 Å². The highest BCUT2D eigenvalue weighted by Crippen LogP contribution is 2.42. The molecule has 0 spiro atoms. The summed E-state index contributed by atoms with van der Waals surface area (Å²) in [5.74, 6) is -2.52. The Morgan fingerprint density at radius 1 is 1.25 bits per heavy atom. The van der Waals surface area contributed by atoms with E-state index < -0.39 is 31.1 Å². The third-order valence-corrected chi connectivity index (χ3v) is 3.70. The van der Waals surface area contributed by atoms with Gasteiger partial charge in [-0.2, -0.15) is 0 Å². The van der Waals surface area contributed by atoms with E-state index in [-0.39, 0.29) is 17.6 Å². The zero-order valence-corrected chi connectivity index (χ0v) is 11.8. The van der Waals surface area contributed by atoms with E-state index in [0.717, 1.165) is 4.90 Å². The molecule has 8 heteroatoms. The Morgan fingerprint density at radius 2 is 1.75 bits per heavy atom. The fraction of sp³-hybridized carbons (Fsp3) is 0.750. The van der Waals surface area contributed by atoms with Crippen LogP contribution in [0.5, 0.6) is 0 Å². The van der Waals surface area contributed by atoms with Crippen molar-refractivity contribution < 1.29 is 29.3 Å². The number of amides is 2. The van der Waals surface area contributed by atoms with Crippen LogP contribution in [-0.2, 0) is 14.3 Å². The van der Waals surface area contributed by atoms with Gasteiger partial charge < -0.3 is 25.2 Å². The molecule has 2 unspecified atom stereocenters. The third kappa shape index (κ3) is 3.60. The number of methoxy groups -OCH3 is 1. The van der Waals surface area contributed by atoms with E-state index >= 15 is 0 Å². The number of carbonyl (C=O) groups is 3. The number of hydrogen-bond donors (Lipinski definition) is 3. The molecule has 0 aromatic carbocycles. The fourth-order valence-electron chi connectivity index (χ4n) is 2.30. The van der Waals surface area contributed by atoms with Gasteiger partial charge in [0, 0.05) is 18.6 Å². The van der Waals surface area contributed by atoms with Crippen molar-refractivity contribution >= 4 is 18.0 Å². The molecule has 0 heterocycles. The maximum absolute atomic E-state index is 11.9. The topological polar surface area (TPSA) is 116 Å². The molecule has 1 fully saturated rings. The van der Waals surface area contributed by atoms with Gasteiger partial charge in [0.25, 0.3) is 0 Å². The van der Waals surface area contributed by atoms with Gasteiger partial charge in [0.1, 0.15) is 13.1 Å². The van der Waals surface area contributed by atoms with Crippen LogP contribution in [0.4, 0.5) is 4.79 Å². The fourth-order valence-corrected chi connectivity index (χ4v) is 2.30. The lowest BCUT2D eigenvalue weighted by Crippen LogP contribution is -2.63. The Kier molecular flexibility index (Phi) is 4.93. The first kappa shape index (κ1) is 16.2. The highest BCUT2D eigenvalue weighted by atomic mass is 16.5. The zero-order valence-electron chi connectivity index (χ0n) is 11.8. The van der Waals surface area contributed by atoms with Gasteiger partial charge in [0.2, 0.25) is 0 Å². The van der Waals surface area contributed by atoms with Crippen LogP contribution in [0, 0.1) is 5.41 Å². The Morgan fingerprint density at radius 3 is 2.10 bits per heavy atom. The summed E-state index contributed by atoms with van der Waals surface area (Å²) in [6.45, 7) is 2.54. The van der Waals surface area contributed by atoms with Crippen molar-refractivity contribution in [3.8, 4) is 0 Å². The smallest absolute Gasteiger partial charge is 0.323 e. The highest BCUT2D eigenvalue weighted by Gasteiger charge is 2.49.